The van der Waals surface area contributed by atoms with E-state index in [2.05, 4.69) is 10.6 Å². The first-order valence-corrected chi connectivity index (χ1v) is 7.82. The Morgan fingerprint density at radius 1 is 1.05 bits per heavy atom. The van der Waals surface area contributed by atoms with Crippen molar-refractivity contribution >= 4 is 17.8 Å². The first kappa shape index (κ1) is 20.4. The Morgan fingerprint density at radius 2 is 1.68 bits per heavy atom. The third-order valence-electron chi connectivity index (χ3n) is 3.53. The maximum absolute atomic E-state index is 11.7. The Bertz CT molecular complexity index is 360. The average Bonchev–Trinajstić information content (AvgIpc) is 2.49. The molecule has 0 aromatic rings. The summed E-state index contributed by atoms with van der Waals surface area (Å²) in [5, 5.41) is 22.8. The number of aliphatic hydroxyl groups is 1. The molecule has 7 nitrogen and oxygen atoms in total. The summed E-state index contributed by atoms with van der Waals surface area (Å²) in [5.74, 6) is -1.88. The summed E-state index contributed by atoms with van der Waals surface area (Å²) in [7, 11) is 0. The number of aliphatic hydroxyl groups excluding tert-OH is 1. The number of amides is 2. The Hall–Kier alpha value is -1.63. The molecule has 0 heterocycles. The lowest BCUT2D eigenvalue weighted by atomic mass is 9.99. The number of hydrogen-bond acceptors (Lipinski definition) is 4. The molecular formula is C15H28N2O5. The van der Waals surface area contributed by atoms with Gasteiger partial charge in [-0.3, -0.25) is 9.59 Å². The molecule has 2 amide bonds. The molecule has 0 aliphatic rings. The molecule has 0 radical (unpaired) electrons. The summed E-state index contributed by atoms with van der Waals surface area (Å²) in [6.07, 6.45) is 3.00. The SMILES string of the molecule is CCC(C)C(NC(=O)CCC(=O)NCCCCCO)C(=O)O. The van der Waals surface area contributed by atoms with E-state index in [1.165, 1.54) is 0 Å². The highest BCUT2D eigenvalue weighted by Crippen LogP contribution is 2.08. The van der Waals surface area contributed by atoms with Gasteiger partial charge in [0.15, 0.2) is 0 Å². The van der Waals surface area contributed by atoms with E-state index in [1.54, 1.807) is 6.92 Å². The van der Waals surface area contributed by atoms with Crippen LogP contribution < -0.4 is 10.6 Å². The summed E-state index contributed by atoms with van der Waals surface area (Å²) >= 11 is 0. The lowest BCUT2D eigenvalue weighted by Gasteiger charge is -2.20. The van der Waals surface area contributed by atoms with Crippen molar-refractivity contribution in [1.82, 2.24) is 10.6 Å². The summed E-state index contributed by atoms with van der Waals surface area (Å²) in [6, 6.07) is -0.918. The predicted molar refractivity (Wildman–Crippen MR) is 82.2 cm³/mol. The molecule has 7 heteroatoms. The minimum Gasteiger partial charge on any atom is -0.480 e. The Morgan fingerprint density at radius 3 is 2.23 bits per heavy atom. The normalized spacial score (nSPS) is 13.2. The van der Waals surface area contributed by atoms with Crippen molar-refractivity contribution in [2.75, 3.05) is 13.2 Å². The molecule has 0 rings (SSSR count). The van der Waals surface area contributed by atoms with Crippen LogP contribution >= 0.6 is 0 Å². The standard InChI is InChI=1S/C15H28N2O5/c1-3-11(2)14(15(21)22)17-13(20)8-7-12(19)16-9-5-4-6-10-18/h11,14,18H,3-10H2,1-2H3,(H,16,19)(H,17,20)(H,21,22). The zero-order valence-corrected chi connectivity index (χ0v) is 13.4. The van der Waals surface area contributed by atoms with Crippen molar-refractivity contribution in [3.63, 3.8) is 0 Å². The van der Waals surface area contributed by atoms with Crippen LogP contribution in [0.2, 0.25) is 0 Å². The minimum absolute atomic E-state index is 0.0251. The van der Waals surface area contributed by atoms with Gasteiger partial charge in [0.1, 0.15) is 6.04 Å². The summed E-state index contributed by atoms with van der Waals surface area (Å²) in [4.78, 5) is 34.3. The van der Waals surface area contributed by atoms with Gasteiger partial charge >= 0.3 is 5.97 Å². The molecule has 0 saturated carbocycles. The second-order valence-corrected chi connectivity index (χ2v) is 5.40. The number of hydrogen-bond donors (Lipinski definition) is 4. The number of rotatable bonds is 12. The second-order valence-electron chi connectivity index (χ2n) is 5.40. The van der Waals surface area contributed by atoms with Gasteiger partial charge in [-0.15, -0.1) is 0 Å². The largest absolute Gasteiger partial charge is 0.480 e. The van der Waals surface area contributed by atoms with Gasteiger partial charge < -0.3 is 20.8 Å². The molecule has 4 N–H and O–H groups in total. The van der Waals surface area contributed by atoms with Gasteiger partial charge in [0.25, 0.3) is 0 Å². The van der Waals surface area contributed by atoms with Crippen LogP contribution in [0.25, 0.3) is 0 Å². The van der Waals surface area contributed by atoms with E-state index >= 15 is 0 Å². The second kappa shape index (κ2) is 12.0. The fraction of sp³-hybridized carbons (Fsp3) is 0.800. The van der Waals surface area contributed by atoms with Crippen molar-refractivity contribution in [3.8, 4) is 0 Å². The number of carboxylic acids is 1. The molecule has 0 spiro atoms. The molecule has 128 valence electrons. The van der Waals surface area contributed by atoms with Crippen LogP contribution in [0.4, 0.5) is 0 Å². The van der Waals surface area contributed by atoms with Gasteiger partial charge in [0.2, 0.25) is 11.8 Å². The third kappa shape index (κ3) is 9.33. The van der Waals surface area contributed by atoms with E-state index in [4.69, 9.17) is 10.2 Å². The third-order valence-corrected chi connectivity index (χ3v) is 3.53. The summed E-state index contributed by atoms with van der Waals surface area (Å²) < 4.78 is 0. The molecule has 22 heavy (non-hydrogen) atoms. The zero-order valence-electron chi connectivity index (χ0n) is 13.4. The van der Waals surface area contributed by atoms with Crippen LogP contribution in [0, 0.1) is 5.92 Å². The van der Waals surface area contributed by atoms with Gasteiger partial charge in [0, 0.05) is 26.0 Å². The minimum atomic E-state index is -1.06. The smallest absolute Gasteiger partial charge is 0.326 e. The average molecular weight is 316 g/mol. The molecule has 0 saturated heterocycles. The van der Waals surface area contributed by atoms with E-state index in [-0.39, 0.29) is 31.3 Å². The van der Waals surface area contributed by atoms with Crippen LogP contribution in [-0.2, 0) is 14.4 Å². The molecule has 0 aliphatic carbocycles. The molecule has 0 bridgehead atoms. The highest BCUT2D eigenvalue weighted by molar-refractivity contribution is 5.87. The van der Waals surface area contributed by atoms with E-state index in [1.807, 2.05) is 6.92 Å². The fourth-order valence-electron chi connectivity index (χ4n) is 1.89. The number of carbonyl (C=O) groups is 3. The van der Waals surface area contributed by atoms with Crippen molar-refractivity contribution in [2.45, 2.75) is 58.4 Å². The lowest BCUT2D eigenvalue weighted by molar-refractivity contribution is -0.143. The summed E-state index contributed by atoms with van der Waals surface area (Å²) in [6.45, 7) is 4.29. The van der Waals surface area contributed by atoms with Crippen LogP contribution in [0.5, 0.6) is 0 Å². The van der Waals surface area contributed by atoms with Crippen LogP contribution in [0.3, 0.4) is 0 Å². The van der Waals surface area contributed by atoms with E-state index < -0.39 is 17.9 Å². The fourth-order valence-corrected chi connectivity index (χ4v) is 1.89. The number of nitrogens with one attached hydrogen (secondary N) is 2. The van der Waals surface area contributed by atoms with Crippen LogP contribution in [-0.4, -0.2) is 47.2 Å². The Labute approximate surface area is 131 Å². The molecule has 0 fully saturated rings. The topological polar surface area (TPSA) is 116 Å². The Kier molecular flexibility index (Phi) is 11.1. The molecule has 0 aliphatic heterocycles. The van der Waals surface area contributed by atoms with Gasteiger partial charge in [-0.05, 0) is 25.2 Å². The van der Waals surface area contributed by atoms with E-state index in [0.29, 0.717) is 19.4 Å². The number of unbranched alkanes of at least 4 members (excludes halogenated alkanes) is 2. The quantitative estimate of drug-likeness (QED) is 0.395. The molecule has 0 aromatic heterocycles. The van der Waals surface area contributed by atoms with Gasteiger partial charge in [-0.2, -0.15) is 0 Å². The number of carbonyl (C=O) groups excluding carboxylic acids is 2. The number of aliphatic carboxylic acids is 1. The number of carboxylic acid groups (broad SMARTS) is 1. The van der Waals surface area contributed by atoms with E-state index in [9.17, 15) is 14.4 Å². The first-order valence-electron chi connectivity index (χ1n) is 7.82. The predicted octanol–water partition coefficient (Wildman–Crippen LogP) is 0.661. The molecule has 0 aromatic carbocycles. The molecular weight excluding hydrogens is 288 g/mol. The highest BCUT2D eigenvalue weighted by Gasteiger charge is 2.25. The van der Waals surface area contributed by atoms with Gasteiger partial charge in [-0.1, -0.05) is 20.3 Å². The Balaban J connectivity index is 3.96. The van der Waals surface area contributed by atoms with Crippen molar-refractivity contribution in [3.05, 3.63) is 0 Å². The van der Waals surface area contributed by atoms with Gasteiger partial charge in [-0.25, -0.2) is 4.79 Å². The molecule has 2 unspecified atom stereocenters. The first-order chi connectivity index (χ1) is 10.4. The van der Waals surface area contributed by atoms with Crippen molar-refractivity contribution in [2.24, 2.45) is 5.92 Å². The van der Waals surface area contributed by atoms with Crippen LogP contribution in [0.15, 0.2) is 0 Å². The lowest BCUT2D eigenvalue weighted by Crippen LogP contribution is -2.45. The maximum Gasteiger partial charge on any atom is 0.326 e. The zero-order chi connectivity index (χ0) is 17.0. The van der Waals surface area contributed by atoms with E-state index in [0.717, 1.165) is 12.8 Å². The van der Waals surface area contributed by atoms with Crippen LogP contribution in [0.1, 0.15) is 52.4 Å². The maximum atomic E-state index is 11.7. The van der Waals surface area contributed by atoms with Gasteiger partial charge in [0.05, 0.1) is 0 Å². The summed E-state index contributed by atoms with van der Waals surface area (Å²) in [5.41, 5.74) is 0. The molecule has 2 atom stereocenters. The van der Waals surface area contributed by atoms with Crippen molar-refractivity contribution in [1.29, 1.82) is 0 Å². The highest BCUT2D eigenvalue weighted by atomic mass is 16.4. The monoisotopic (exact) mass is 316 g/mol. The van der Waals surface area contributed by atoms with Crippen molar-refractivity contribution < 1.29 is 24.6 Å².